The van der Waals surface area contributed by atoms with E-state index >= 15 is 0 Å². The molecule has 7 atom stereocenters. The first-order valence-corrected chi connectivity index (χ1v) is 14.6. The van der Waals surface area contributed by atoms with Crippen molar-refractivity contribution >= 4 is 40.7 Å². The van der Waals surface area contributed by atoms with E-state index in [1.807, 2.05) is 68.5 Å². The van der Waals surface area contributed by atoms with Gasteiger partial charge in [0.25, 0.3) is 5.91 Å². The molecular formula is C32H34ClN3O5. The van der Waals surface area contributed by atoms with Gasteiger partial charge in [-0.15, -0.1) is 0 Å². The molecule has 2 aromatic rings. The van der Waals surface area contributed by atoms with Crippen molar-refractivity contribution in [1.82, 2.24) is 4.90 Å². The maximum atomic E-state index is 14.6. The molecule has 8 nitrogen and oxygen atoms in total. The molecule has 214 valence electrons. The third-order valence-electron chi connectivity index (χ3n) is 9.15. The van der Waals surface area contributed by atoms with Gasteiger partial charge in [0, 0.05) is 18.8 Å². The highest BCUT2D eigenvalue weighted by molar-refractivity contribution is 6.34. The third kappa shape index (κ3) is 4.23. The number of carbonyl (C=O) groups excluding carboxylic acids is 3. The van der Waals surface area contributed by atoms with Crippen LogP contribution in [0.25, 0.3) is 0 Å². The van der Waals surface area contributed by atoms with Crippen LogP contribution in [-0.2, 0) is 19.1 Å². The molecular weight excluding hydrogens is 542 g/mol. The number of carbonyl (C=O) groups is 3. The number of halogens is 1. The summed E-state index contributed by atoms with van der Waals surface area (Å²) in [5.74, 6) is -2.81. The summed E-state index contributed by atoms with van der Waals surface area (Å²) in [6, 6.07) is 14.7. The fourth-order valence-corrected chi connectivity index (χ4v) is 7.21. The Morgan fingerprint density at radius 1 is 0.976 bits per heavy atom. The van der Waals surface area contributed by atoms with Gasteiger partial charge in [0.15, 0.2) is 0 Å². The van der Waals surface area contributed by atoms with E-state index in [0.717, 1.165) is 5.69 Å². The van der Waals surface area contributed by atoms with Crippen LogP contribution in [0, 0.1) is 17.8 Å². The Kier molecular flexibility index (Phi) is 7.26. The maximum Gasteiger partial charge on any atom is 0.253 e. The van der Waals surface area contributed by atoms with Crippen LogP contribution in [0.3, 0.4) is 0 Å². The van der Waals surface area contributed by atoms with Crippen LogP contribution in [0.15, 0.2) is 78.9 Å². The molecule has 4 aliphatic heterocycles. The molecule has 3 amide bonds. The molecule has 2 aromatic carbocycles. The molecule has 9 heteroatoms. The van der Waals surface area contributed by atoms with Crippen molar-refractivity contribution in [1.29, 1.82) is 0 Å². The molecule has 1 N–H and O–H groups in total. The molecule has 4 aliphatic rings. The molecule has 6 rings (SSSR count). The van der Waals surface area contributed by atoms with E-state index in [0.29, 0.717) is 23.7 Å². The van der Waals surface area contributed by atoms with Gasteiger partial charge in [-0.1, -0.05) is 86.5 Å². The van der Waals surface area contributed by atoms with Crippen molar-refractivity contribution in [2.45, 2.75) is 44.1 Å². The number of rotatable bonds is 6. The first kappa shape index (κ1) is 27.7. The minimum Gasteiger partial charge on any atom is -0.394 e. The monoisotopic (exact) mass is 575 g/mol. The second-order valence-electron chi connectivity index (χ2n) is 11.2. The molecule has 0 aromatic heterocycles. The zero-order valence-electron chi connectivity index (χ0n) is 23.1. The number of aliphatic hydroxyl groups is 1. The number of para-hydroxylation sites is 2. The van der Waals surface area contributed by atoms with Crippen molar-refractivity contribution < 1.29 is 24.2 Å². The lowest BCUT2D eigenvalue weighted by atomic mass is 9.77. The van der Waals surface area contributed by atoms with Crippen molar-refractivity contribution in [3.8, 4) is 0 Å². The van der Waals surface area contributed by atoms with E-state index < -0.39 is 35.6 Å². The van der Waals surface area contributed by atoms with Gasteiger partial charge < -0.3 is 24.5 Å². The molecule has 2 saturated heterocycles. The number of nitrogens with zero attached hydrogens (tertiary/aromatic N) is 3. The largest absolute Gasteiger partial charge is 0.394 e. The minimum atomic E-state index is -1.39. The molecule has 1 unspecified atom stereocenters. The summed E-state index contributed by atoms with van der Waals surface area (Å²) < 4.78 is 6.74. The topological polar surface area (TPSA) is 90.4 Å². The number of amides is 3. The number of hydrogen-bond acceptors (Lipinski definition) is 5. The Morgan fingerprint density at radius 3 is 2.39 bits per heavy atom. The second-order valence-corrected chi connectivity index (χ2v) is 11.6. The number of likely N-dealkylation sites (tertiary alicyclic amines) is 1. The molecule has 1 spiro atoms. The SMILES string of the molecule is CC[C@H](C)[C@H](CO)N1C(=O)[C@@H]2[C@@H]3C(=O)N(c4ccccc4)CC=C[C@@H]3O[C@@]23C=CCN(c2ccccc2Cl)C(=O)C13. The first-order chi connectivity index (χ1) is 19.8. The van der Waals surface area contributed by atoms with Crippen LogP contribution in [0.1, 0.15) is 20.3 Å². The van der Waals surface area contributed by atoms with Crippen LogP contribution in [0.4, 0.5) is 11.4 Å². The van der Waals surface area contributed by atoms with E-state index in [1.54, 1.807) is 34.1 Å². The molecule has 0 saturated carbocycles. The molecule has 41 heavy (non-hydrogen) atoms. The first-order valence-electron chi connectivity index (χ1n) is 14.2. The van der Waals surface area contributed by atoms with Crippen molar-refractivity contribution in [2.75, 3.05) is 29.5 Å². The van der Waals surface area contributed by atoms with Gasteiger partial charge in [0.1, 0.15) is 11.6 Å². The molecule has 0 bridgehead atoms. The van der Waals surface area contributed by atoms with Gasteiger partial charge in [0.05, 0.1) is 41.3 Å². The van der Waals surface area contributed by atoms with Gasteiger partial charge in [-0.3, -0.25) is 14.4 Å². The average molecular weight is 576 g/mol. The number of fused-ring (bicyclic) bond motifs is 2. The fraction of sp³-hybridized carbons (Fsp3) is 0.406. The summed E-state index contributed by atoms with van der Waals surface area (Å²) >= 11 is 6.54. The van der Waals surface area contributed by atoms with Gasteiger partial charge in [0.2, 0.25) is 11.8 Å². The highest BCUT2D eigenvalue weighted by Crippen LogP contribution is 2.55. The van der Waals surface area contributed by atoms with E-state index in [4.69, 9.17) is 16.3 Å². The van der Waals surface area contributed by atoms with Gasteiger partial charge in [-0.05, 0) is 30.2 Å². The van der Waals surface area contributed by atoms with Crippen molar-refractivity contribution in [3.63, 3.8) is 0 Å². The highest BCUT2D eigenvalue weighted by Gasteiger charge is 2.72. The number of hydrogen-bond donors (Lipinski definition) is 1. The van der Waals surface area contributed by atoms with Crippen molar-refractivity contribution in [2.24, 2.45) is 17.8 Å². The zero-order chi connectivity index (χ0) is 28.9. The lowest BCUT2D eigenvalue weighted by molar-refractivity contribution is -0.145. The summed E-state index contributed by atoms with van der Waals surface area (Å²) in [5, 5.41) is 11.0. The van der Waals surface area contributed by atoms with Gasteiger partial charge in [-0.25, -0.2) is 0 Å². The number of aliphatic hydroxyl groups excluding tert-OH is 1. The summed E-state index contributed by atoms with van der Waals surface area (Å²) in [6.45, 7) is 4.20. The van der Waals surface area contributed by atoms with Gasteiger partial charge in [-0.2, -0.15) is 0 Å². The average Bonchev–Trinajstić information content (AvgIpc) is 3.30. The maximum absolute atomic E-state index is 14.6. The molecule has 2 fully saturated rings. The predicted octanol–water partition coefficient (Wildman–Crippen LogP) is 3.83. The Balaban J connectivity index is 1.49. The van der Waals surface area contributed by atoms with Crippen LogP contribution in [0.2, 0.25) is 5.02 Å². The Bertz CT molecular complexity index is 1410. The lowest BCUT2D eigenvalue weighted by Crippen LogP contribution is -2.59. The Labute approximate surface area is 244 Å². The summed E-state index contributed by atoms with van der Waals surface area (Å²) in [4.78, 5) is 48.2. The van der Waals surface area contributed by atoms with Crippen LogP contribution in [0.5, 0.6) is 0 Å². The predicted molar refractivity (Wildman–Crippen MR) is 156 cm³/mol. The Hall–Kier alpha value is -3.46. The normalized spacial score (nSPS) is 30.5. The second kappa shape index (κ2) is 10.7. The summed E-state index contributed by atoms with van der Waals surface area (Å²) in [5.41, 5.74) is -0.132. The number of ether oxygens (including phenoxy) is 1. The van der Waals surface area contributed by atoms with E-state index in [-0.39, 0.29) is 36.8 Å². The van der Waals surface area contributed by atoms with Gasteiger partial charge >= 0.3 is 0 Å². The summed E-state index contributed by atoms with van der Waals surface area (Å²) in [7, 11) is 0. The minimum absolute atomic E-state index is 0.102. The fourth-order valence-electron chi connectivity index (χ4n) is 6.97. The standard InChI is InChI=1S/C32H34ClN3O5/c1-3-20(2)24(19-37)36-28-31(40)35(23-14-8-7-13-22(23)33)18-10-16-32(28)27(30(36)39)26-25(41-32)15-9-17-34(29(26)38)21-11-5-4-6-12-21/h4-16,20,24-28,37H,3,17-19H2,1-2H3/t20-,24-,25-,26+,27-,28?,32-/m0/s1. The van der Waals surface area contributed by atoms with Crippen molar-refractivity contribution in [3.05, 3.63) is 83.9 Å². The number of benzene rings is 2. The zero-order valence-corrected chi connectivity index (χ0v) is 23.9. The Morgan fingerprint density at radius 2 is 1.68 bits per heavy atom. The summed E-state index contributed by atoms with van der Waals surface area (Å²) in [6.07, 6.45) is 7.38. The van der Waals surface area contributed by atoms with Crippen LogP contribution >= 0.6 is 11.6 Å². The smallest absolute Gasteiger partial charge is 0.253 e. The van der Waals surface area contributed by atoms with E-state index in [1.165, 1.54) is 4.90 Å². The van der Waals surface area contributed by atoms with Crippen LogP contribution in [-0.4, -0.2) is 71.2 Å². The quantitative estimate of drug-likeness (QED) is 0.529. The highest BCUT2D eigenvalue weighted by atomic mass is 35.5. The van der Waals surface area contributed by atoms with Crippen LogP contribution < -0.4 is 9.80 Å². The number of anilines is 2. The van der Waals surface area contributed by atoms with E-state index in [9.17, 15) is 19.5 Å². The molecule has 0 radical (unpaired) electrons. The third-order valence-corrected chi connectivity index (χ3v) is 9.47. The molecule has 4 heterocycles. The van der Waals surface area contributed by atoms with E-state index in [2.05, 4.69) is 0 Å². The lowest BCUT2D eigenvalue weighted by Gasteiger charge is -2.40. The molecule has 0 aliphatic carbocycles.